The summed E-state index contributed by atoms with van der Waals surface area (Å²) < 4.78 is 0. The van der Waals surface area contributed by atoms with Crippen molar-refractivity contribution >= 4 is 11.3 Å². The van der Waals surface area contributed by atoms with Crippen LogP contribution in [0.5, 0.6) is 0 Å². The Labute approximate surface area is 119 Å². The average Bonchev–Trinajstić information content (AvgIpc) is 2.67. The Bertz CT molecular complexity index is 573. The van der Waals surface area contributed by atoms with E-state index in [1.165, 1.54) is 16.0 Å². The van der Waals surface area contributed by atoms with Gasteiger partial charge in [-0.2, -0.15) is 0 Å². The number of aromatic nitrogens is 2. The van der Waals surface area contributed by atoms with E-state index in [1.54, 1.807) is 11.3 Å². The highest BCUT2D eigenvalue weighted by Gasteiger charge is 2.12. The molecule has 0 radical (unpaired) electrons. The van der Waals surface area contributed by atoms with Gasteiger partial charge in [-0.3, -0.25) is 4.98 Å². The number of pyridine rings is 1. The standard InChI is InChI=1S/C15H21N3S/c1-9(2)16-8-13-12(5)18-15(19-13)14-11(4)6-10(3)7-17-14/h6-7,9,16H,8H2,1-5H3. The Morgan fingerprint density at radius 1 is 1.26 bits per heavy atom. The number of hydrogen-bond donors (Lipinski definition) is 1. The van der Waals surface area contributed by atoms with Crippen molar-refractivity contribution in [2.24, 2.45) is 0 Å². The monoisotopic (exact) mass is 275 g/mol. The highest BCUT2D eigenvalue weighted by Crippen LogP contribution is 2.28. The van der Waals surface area contributed by atoms with Crippen LogP contribution in [0.25, 0.3) is 10.7 Å². The summed E-state index contributed by atoms with van der Waals surface area (Å²) in [6.07, 6.45) is 1.91. The summed E-state index contributed by atoms with van der Waals surface area (Å²) in [5, 5.41) is 4.46. The summed E-state index contributed by atoms with van der Waals surface area (Å²) in [7, 11) is 0. The Balaban J connectivity index is 2.28. The maximum Gasteiger partial charge on any atom is 0.142 e. The smallest absolute Gasteiger partial charge is 0.142 e. The number of rotatable bonds is 4. The Hall–Kier alpha value is -1.26. The van der Waals surface area contributed by atoms with Crippen molar-refractivity contribution in [2.45, 2.75) is 47.2 Å². The number of nitrogens with one attached hydrogen (secondary N) is 1. The van der Waals surface area contributed by atoms with E-state index in [9.17, 15) is 0 Å². The molecular formula is C15H21N3S. The van der Waals surface area contributed by atoms with Gasteiger partial charge in [-0.05, 0) is 31.9 Å². The van der Waals surface area contributed by atoms with Gasteiger partial charge < -0.3 is 5.32 Å². The van der Waals surface area contributed by atoms with Crippen molar-refractivity contribution in [3.8, 4) is 10.7 Å². The van der Waals surface area contributed by atoms with Gasteiger partial charge >= 0.3 is 0 Å². The molecule has 0 aromatic carbocycles. The van der Waals surface area contributed by atoms with Crippen molar-refractivity contribution in [2.75, 3.05) is 0 Å². The fourth-order valence-corrected chi connectivity index (χ4v) is 3.00. The van der Waals surface area contributed by atoms with E-state index in [2.05, 4.69) is 56.0 Å². The quantitative estimate of drug-likeness (QED) is 0.926. The Morgan fingerprint density at radius 2 is 2.00 bits per heavy atom. The summed E-state index contributed by atoms with van der Waals surface area (Å²) in [4.78, 5) is 10.5. The van der Waals surface area contributed by atoms with Crippen LogP contribution >= 0.6 is 11.3 Å². The first-order valence-corrected chi connectivity index (χ1v) is 7.42. The van der Waals surface area contributed by atoms with Crippen molar-refractivity contribution < 1.29 is 0 Å². The molecule has 1 N–H and O–H groups in total. The van der Waals surface area contributed by atoms with E-state index in [-0.39, 0.29) is 0 Å². The summed E-state index contributed by atoms with van der Waals surface area (Å²) in [6, 6.07) is 2.65. The number of aryl methyl sites for hydroxylation is 3. The normalized spacial score (nSPS) is 11.3. The minimum atomic E-state index is 0.490. The zero-order valence-corrected chi connectivity index (χ0v) is 13.1. The summed E-state index contributed by atoms with van der Waals surface area (Å²) >= 11 is 1.74. The lowest BCUT2D eigenvalue weighted by atomic mass is 10.2. The van der Waals surface area contributed by atoms with Gasteiger partial charge in [0.15, 0.2) is 0 Å². The van der Waals surface area contributed by atoms with Crippen LogP contribution in [-0.4, -0.2) is 16.0 Å². The molecule has 2 aromatic rings. The first-order valence-electron chi connectivity index (χ1n) is 6.60. The van der Waals surface area contributed by atoms with Gasteiger partial charge in [0, 0.05) is 23.7 Å². The highest BCUT2D eigenvalue weighted by atomic mass is 32.1. The Kier molecular flexibility index (Phi) is 4.32. The molecule has 0 aliphatic rings. The molecule has 0 amide bonds. The molecule has 0 saturated heterocycles. The largest absolute Gasteiger partial charge is 0.310 e. The summed E-state index contributed by atoms with van der Waals surface area (Å²) in [6.45, 7) is 11.4. The lowest BCUT2D eigenvalue weighted by molar-refractivity contribution is 0.591. The van der Waals surface area contributed by atoms with E-state index in [0.717, 1.165) is 22.9 Å². The van der Waals surface area contributed by atoms with E-state index in [4.69, 9.17) is 0 Å². The number of nitrogens with zero attached hydrogens (tertiary/aromatic N) is 2. The topological polar surface area (TPSA) is 37.8 Å². The van der Waals surface area contributed by atoms with E-state index >= 15 is 0 Å². The van der Waals surface area contributed by atoms with Crippen LogP contribution < -0.4 is 5.32 Å². The zero-order chi connectivity index (χ0) is 14.0. The van der Waals surface area contributed by atoms with Crippen LogP contribution in [0.3, 0.4) is 0 Å². The SMILES string of the molecule is Cc1cnc(-c2nc(C)c(CNC(C)C)s2)c(C)c1. The van der Waals surface area contributed by atoms with Crippen LogP contribution in [0.1, 0.15) is 35.5 Å². The van der Waals surface area contributed by atoms with Crippen molar-refractivity contribution in [1.29, 1.82) is 0 Å². The van der Waals surface area contributed by atoms with E-state index in [0.29, 0.717) is 6.04 Å². The second kappa shape index (κ2) is 5.80. The van der Waals surface area contributed by atoms with Crippen LogP contribution in [0.15, 0.2) is 12.3 Å². The molecule has 2 heterocycles. The van der Waals surface area contributed by atoms with Gasteiger partial charge in [0.2, 0.25) is 0 Å². The molecule has 0 unspecified atom stereocenters. The summed E-state index contributed by atoms with van der Waals surface area (Å²) in [5.41, 5.74) is 4.50. The van der Waals surface area contributed by atoms with Crippen molar-refractivity contribution in [3.05, 3.63) is 34.0 Å². The van der Waals surface area contributed by atoms with Gasteiger partial charge in [0.25, 0.3) is 0 Å². The van der Waals surface area contributed by atoms with Crippen LogP contribution in [0.2, 0.25) is 0 Å². The number of hydrogen-bond acceptors (Lipinski definition) is 4. The molecule has 0 aliphatic carbocycles. The van der Waals surface area contributed by atoms with Crippen LogP contribution in [0, 0.1) is 20.8 Å². The second-order valence-corrected chi connectivity index (χ2v) is 6.33. The second-order valence-electron chi connectivity index (χ2n) is 5.24. The molecule has 0 aliphatic heterocycles. The third-order valence-electron chi connectivity index (χ3n) is 2.98. The molecule has 0 atom stereocenters. The lowest BCUT2D eigenvalue weighted by Crippen LogP contribution is -2.21. The molecule has 102 valence electrons. The molecular weight excluding hydrogens is 254 g/mol. The first kappa shape index (κ1) is 14.2. The predicted octanol–water partition coefficient (Wildman–Crippen LogP) is 3.63. The molecule has 0 saturated carbocycles. The van der Waals surface area contributed by atoms with Crippen molar-refractivity contribution in [3.63, 3.8) is 0 Å². The highest BCUT2D eigenvalue weighted by molar-refractivity contribution is 7.15. The van der Waals surface area contributed by atoms with E-state index < -0.39 is 0 Å². The fourth-order valence-electron chi connectivity index (χ4n) is 1.93. The van der Waals surface area contributed by atoms with Crippen molar-refractivity contribution in [1.82, 2.24) is 15.3 Å². The zero-order valence-electron chi connectivity index (χ0n) is 12.2. The fraction of sp³-hybridized carbons (Fsp3) is 0.467. The molecule has 19 heavy (non-hydrogen) atoms. The minimum absolute atomic E-state index is 0.490. The molecule has 0 spiro atoms. The van der Waals surface area contributed by atoms with Gasteiger partial charge in [-0.15, -0.1) is 11.3 Å². The molecule has 2 aromatic heterocycles. The number of thiazole rings is 1. The van der Waals surface area contributed by atoms with Crippen LogP contribution in [-0.2, 0) is 6.54 Å². The maximum absolute atomic E-state index is 4.67. The van der Waals surface area contributed by atoms with Crippen LogP contribution in [0.4, 0.5) is 0 Å². The van der Waals surface area contributed by atoms with Gasteiger partial charge in [-0.1, -0.05) is 19.9 Å². The van der Waals surface area contributed by atoms with E-state index in [1.807, 2.05) is 6.20 Å². The van der Waals surface area contributed by atoms with Gasteiger partial charge in [0.1, 0.15) is 10.7 Å². The lowest BCUT2D eigenvalue weighted by Gasteiger charge is -2.05. The maximum atomic E-state index is 4.67. The first-order chi connectivity index (χ1) is 8.97. The molecule has 0 fully saturated rings. The third kappa shape index (κ3) is 3.39. The minimum Gasteiger partial charge on any atom is -0.310 e. The molecule has 2 rings (SSSR count). The Morgan fingerprint density at radius 3 is 2.63 bits per heavy atom. The molecule has 0 bridgehead atoms. The summed E-state index contributed by atoms with van der Waals surface area (Å²) in [5.74, 6) is 0. The molecule has 3 nitrogen and oxygen atoms in total. The predicted molar refractivity (Wildman–Crippen MR) is 81.5 cm³/mol. The van der Waals surface area contributed by atoms with Gasteiger partial charge in [-0.25, -0.2) is 4.98 Å². The van der Waals surface area contributed by atoms with Gasteiger partial charge in [0.05, 0.1) is 5.69 Å². The third-order valence-corrected chi connectivity index (χ3v) is 4.15. The average molecular weight is 275 g/mol. The molecule has 4 heteroatoms.